The Morgan fingerprint density at radius 2 is 1.80 bits per heavy atom. The molecule has 1 N–H and O–H groups in total. The van der Waals surface area contributed by atoms with Crippen LogP contribution in [0.3, 0.4) is 0 Å². The van der Waals surface area contributed by atoms with Crippen LogP contribution in [0.4, 0.5) is 5.69 Å². The molecule has 0 atom stereocenters. The topological polar surface area (TPSA) is 17.0 Å². The maximum Gasteiger partial charge on any atom is 0.0553 e. The average Bonchev–Trinajstić information content (AvgIpc) is 2.83. The van der Waals surface area contributed by atoms with Gasteiger partial charge in [0, 0.05) is 24.1 Å². The van der Waals surface area contributed by atoms with Crippen LogP contribution >= 0.6 is 0 Å². The van der Waals surface area contributed by atoms with E-state index in [0.717, 1.165) is 13.1 Å². The third kappa shape index (κ3) is 3.44. The van der Waals surface area contributed by atoms with Crippen molar-refractivity contribution in [2.45, 2.75) is 52.6 Å². The van der Waals surface area contributed by atoms with Gasteiger partial charge in [-0.25, -0.2) is 0 Å². The Bertz CT molecular complexity index is 547. The quantitative estimate of drug-likeness (QED) is 0.825. The zero-order valence-corrected chi connectivity index (χ0v) is 13.1. The van der Waals surface area contributed by atoms with E-state index in [1.807, 2.05) is 0 Å². The summed E-state index contributed by atoms with van der Waals surface area (Å²) < 4.78 is 2.33. The summed E-state index contributed by atoms with van der Waals surface area (Å²) in [5.74, 6) is 0. The third-order valence-electron chi connectivity index (χ3n) is 3.58. The van der Waals surface area contributed by atoms with Crippen LogP contribution in [0.1, 0.15) is 45.4 Å². The Kier molecular flexibility index (Phi) is 4.53. The minimum absolute atomic E-state index is 0.162. The van der Waals surface area contributed by atoms with Gasteiger partial charge < -0.3 is 9.88 Å². The second-order valence-corrected chi connectivity index (χ2v) is 6.34. The highest BCUT2D eigenvalue weighted by atomic mass is 15.0. The third-order valence-corrected chi connectivity index (χ3v) is 3.58. The molecule has 0 aliphatic heterocycles. The van der Waals surface area contributed by atoms with Crippen LogP contribution in [-0.4, -0.2) is 4.57 Å². The molecule has 0 spiro atoms. The Balaban J connectivity index is 2.13. The van der Waals surface area contributed by atoms with Crippen LogP contribution in [0.25, 0.3) is 0 Å². The van der Waals surface area contributed by atoms with Gasteiger partial charge in [0.25, 0.3) is 0 Å². The SMILES string of the molecule is CCCn1cccc1CNc1ccccc1C(C)(C)C. The van der Waals surface area contributed by atoms with Crippen molar-refractivity contribution in [3.63, 3.8) is 0 Å². The largest absolute Gasteiger partial charge is 0.379 e. The number of para-hydroxylation sites is 1. The lowest BCUT2D eigenvalue weighted by Gasteiger charge is -2.23. The summed E-state index contributed by atoms with van der Waals surface area (Å²) in [5.41, 5.74) is 4.11. The van der Waals surface area contributed by atoms with Crippen LogP contribution in [0.15, 0.2) is 42.6 Å². The highest BCUT2D eigenvalue weighted by molar-refractivity contribution is 5.54. The number of rotatable bonds is 5. The van der Waals surface area contributed by atoms with Crippen molar-refractivity contribution in [1.29, 1.82) is 0 Å². The number of hydrogen-bond acceptors (Lipinski definition) is 1. The number of nitrogens with one attached hydrogen (secondary N) is 1. The first-order valence-electron chi connectivity index (χ1n) is 7.49. The molecule has 0 saturated carbocycles. The van der Waals surface area contributed by atoms with Gasteiger partial charge in [0.2, 0.25) is 0 Å². The lowest BCUT2D eigenvalue weighted by atomic mass is 9.86. The molecule has 0 aliphatic rings. The minimum atomic E-state index is 0.162. The highest BCUT2D eigenvalue weighted by Gasteiger charge is 2.17. The van der Waals surface area contributed by atoms with Crippen molar-refractivity contribution < 1.29 is 0 Å². The van der Waals surface area contributed by atoms with Gasteiger partial charge in [-0.15, -0.1) is 0 Å². The molecule has 2 rings (SSSR count). The molecule has 0 fully saturated rings. The van der Waals surface area contributed by atoms with Gasteiger partial charge in [-0.2, -0.15) is 0 Å². The fourth-order valence-corrected chi connectivity index (χ4v) is 2.55. The van der Waals surface area contributed by atoms with E-state index in [4.69, 9.17) is 0 Å². The molecule has 0 unspecified atom stereocenters. The smallest absolute Gasteiger partial charge is 0.0553 e. The fraction of sp³-hybridized carbons (Fsp3) is 0.444. The predicted molar refractivity (Wildman–Crippen MR) is 87.2 cm³/mol. The lowest BCUT2D eigenvalue weighted by molar-refractivity contribution is 0.591. The first-order valence-corrected chi connectivity index (χ1v) is 7.49. The molecular formula is C18H26N2. The van der Waals surface area contributed by atoms with E-state index in [1.54, 1.807) is 0 Å². The van der Waals surface area contributed by atoms with Crippen molar-refractivity contribution >= 4 is 5.69 Å². The van der Waals surface area contributed by atoms with Crippen molar-refractivity contribution in [2.24, 2.45) is 0 Å². The molecule has 20 heavy (non-hydrogen) atoms. The molecule has 2 nitrogen and oxygen atoms in total. The summed E-state index contributed by atoms with van der Waals surface area (Å²) in [7, 11) is 0. The standard InChI is InChI=1S/C18H26N2/c1-5-12-20-13-8-9-15(20)14-19-17-11-7-6-10-16(17)18(2,3)4/h6-11,13,19H,5,12,14H2,1-4H3. The van der Waals surface area contributed by atoms with Crippen LogP contribution in [-0.2, 0) is 18.5 Å². The summed E-state index contributed by atoms with van der Waals surface area (Å²) in [5, 5.41) is 3.60. The van der Waals surface area contributed by atoms with Crippen molar-refractivity contribution in [2.75, 3.05) is 5.32 Å². The van der Waals surface area contributed by atoms with E-state index in [0.29, 0.717) is 0 Å². The van der Waals surface area contributed by atoms with E-state index >= 15 is 0 Å². The van der Waals surface area contributed by atoms with Gasteiger partial charge >= 0.3 is 0 Å². The number of aryl methyl sites for hydroxylation is 1. The molecule has 1 heterocycles. The Morgan fingerprint density at radius 1 is 1.05 bits per heavy atom. The van der Waals surface area contributed by atoms with E-state index < -0.39 is 0 Å². The summed E-state index contributed by atoms with van der Waals surface area (Å²) in [6.07, 6.45) is 3.33. The Hall–Kier alpha value is -1.70. The van der Waals surface area contributed by atoms with Crippen LogP contribution in [0.5, 0.6) is 0 Å². The average molecular weight is 270 g/mol. The Morgan fingerprint density at radius 3 is 2.50 bits per heavy atom. The van der Waals surface area contributed by atoms with E-state index in [2.05, 4.69) is 80.2 Å². The first kappa shape index (κ1) is 14.7. The van der Waals surface area contributed by atoms with E-state index in [9.17, 15) is 0 Å². The molecule has 0 amide bonds. The van der Waals surface area contributed by atoms with E-state index in [1.165, 1.54) is 23.4 Å². The molecule has 0 bridgehead atoms. The molecular weight excluding hydrogens is 244 g/mol. The van der Waals surface area contributed by atoms with Crippen molar-refractivity contribution in [3.8, 4) is 0 Å². The summed E-state index contributed by atoms with van der Waals surface area (Å²) in [6.45, 7) is 10.9. The van der Waals surface area contributed by atoms with Crippen LogP contribution < -0.4 is 5.32 Å². The number of anilines is 1. The predicted octanol–water partition coefficient (Wildman–Crippen LogP) is 4.81. The normalized spacial score (nSPS) is 11.6. The molecule has 0 saturated heterocycles. The molecule has 1 aromatic carbocycles. The molecule has 0 aliphatic carbocycles. The number of benzene rings is 1. The maximum absolute atomic E-state index is 3.60. The zero-order chi connectivity index (χ0) is 14.6. The van der Waals surface area contributed by atoms with Gasteiger partial charge in [0.1, 0.15) is 0 Å². The highest BCUT2D eigenvalue weighted by Crippen LogP contribution is 2.29. The number of aromatic nitrogens is 1. The summed E-state index contributed by atoms with van der Waals surface area (Å²) in [4.78, 5) is 0. The summed E-state index contributed by atoms with van der Waals surface area (Å²) in [6, 6.07) is 12.9. The second kappa shape index (κ2) is 6.17. The monoisotopic (exact) mass is 270 g/mol. The minimum Gasteiger partial charge on any atom is -0.379 e. The van der Waals surface area contributed by atoms with Crippen LogP contribution in [0, 0.1) is 0 Å². The molecule has 1 aromatic heterocycles. The Labute approximate surface area is 122 Å². The van der Waals surface area contributed by atoms with Gasteiger partial charge in [-0.05, 0) is 35.6 Å². The number of hydrogen-bond donors (Lipinski definition) is 1. The number of nitrogens with zero attached hydrogens (tertiary/aromatic N) is 1. The maximum atomic E-state index is 3.60. The molecule has 2 heteroatoms. The first-order chi connectivity index (χ1) is 9.52. The van der Waals surface area contributed by atoms with Gasteiger partial charge in [-0.3, -0.25) is 0 Å². The molecule has 0 radical (unpaired) electrons. The zero-order valence-electron chi connectivity index (χ0n) is 13.1. The van der Waals surface area contributed by atoms with Gasteiger partial charge in [-0.1, -0.05) is 45.9 Å². The van der Waals surface area contributed by atoms with Crippen molar-refractivity contribution in [1.82, 2.24) is 4.57 Å². The second-order valence-electron chi connectivity index (χ2n) is 6.34. The van der Waals surface area contributed by atoms with Gasteiger partial charge in [0.05, 0.1) is 6.54 Å². The van der Waals surface area contributed by atoms with E-state index in [-0.39, 0.29) is 5.41 Å². The van der Waals surface area contributed by atoms with Gasteiger partial charge in [0.15, 0.2) is 0 Å². The molecule has 108 valence electrons. The summed E-state index contributed by atoms with van der Waals surface area (Å²) >= 11 is 0. The van der Waals surface area contributed by atoms with Crippen molar-refractivity contribution in [3.05, 3.63) is 53.9 Å². The fourth-order valence-electron chi connectivity index (χ4n) is 2.55. The lowest BCUT2D eigenvalue weighted by Crippen LogP contribution is -2.15. The van der Waals surface area contributed by atoms with Crippen LogP contribution in [0.2, 0.25) is 0 Å². The molecule has 2 aromatic rings.